The fourth-order valence-corrected chi connectivity index (χ4v) is 4.99. The molecule has 0 spiro atoms. The lowest BCUT2D eigenvalue weighted by Crippen LogP contribution is -2.47. The summed E-state index contributed by atoms with van der Waals surface area (Å²) in [7, 11) is 0. The van der Waals surface area contributed by atoms with E-state index in [9.17, 15) is 9.59 Å². The first-order valence-electron chi connectivity index (χ1n) is 11.0. The van der Waals surface area contributed by atoms with Crippen LogP contribution in [0, 0.1) is 5.92 Å². The first-order valence-corrected chi connectivity index (χ1v) is 12.7. The van der Waals surface area contributed by atoms with E-state index in [4.69, 9.17) is 0 Å². The summed E-state index contributed by atoms with van der Waals surface area (Å²) in [4.78, 5) is 28.0. The molecule has 1 heterocycles. The third kappa shape index (κ3) is 7.98. The summed E-state index contributed by atoms with van der Waals surface area (Å²) in [6.07, 6.45) is 5.72. The molecule has 0 unspecified atom stereocenters. The van der Waals surface area contributed by atoms with Crippen molar-refractivity contribution in [2.45, 2.75) is 75.8 Å². The van der Waals surface area contributed by atoms with Crippen LogP contribution in [0.3, 0.4) is 0 Å². The first kappa shape index (κ1) is 23.8. The molecule has 1 atom stereocenters. The monoisotopic (exact) mass is 459 g/mol. The summed E-state index contributed by atoms with van der Waals surface area (Å²) < 4.78 is 3.38. The second-order valence-corrected chi connectivity index (χ2v) is 11.1. The topological polar surface area (TPSA) is 70.2 Å². The van der Waals surface area contributed by atoms with Gasteiger partial charge in [-0.05, 0) is 81.3 Å². The van der Waals surface area contributed by atoms with Gasteiger partial charge < -0.3 is 10.6 Å². The number of rotatable bonds is 8. The van der Waals surface area contributed by atoms with Gasteiger partial charge in [-0.3, -0.25) is 14.3 Å². The smallest absolute Gasteiger partial charge is 0.247 e. The van der Waals surface area contributed by atoms with Crippen molar-refractivity contribution in [2.24, 2.45) is 5.92 Å². The maximum Gasteiger partial charge on any atom is 0.247 e. The summed E-state index contributed by atoms with van der Waals surface area (Å²) in [5.74, 6) is -0.138. The van der Waals surface area contributed by atoms with E-state index in [1.807, 2.05) is 41.8 Å². The highest BCUT2D eigenvalue weighted by molar-refractivity contribution is 7.97. The van der Waals surface area contributed by atoms with E-state index in [-0.39, 0.29) is 23.3 Å². The van der Waals surface area contributed by atoms with Crippen LogP contribution < -0.4 is 15.4 Å². The molecule has 1 fully saturated rings. The average Bonchev–Trinajstić information content (AvgIpc) is 3.26. The van der Waals surface area contributed by atoms with Gasteiger partial charge in [0.15, 0.2) is 0 Å². The molecule has 31 heavy (non-hydrogen) atoms. The summed E-state index contributed by atoms with van der Waals surface area (Å²) in [5.41, 5.74) is 0.747. The maximum atomic E-state index is 13.1. The van der Waals surface area contributed by atoms with Crippen molar-refractivity contribution < 1.29 is 9.59 Å². The van der Waals surface area contributed by atoms with Crippen molar-refractivity contribution in [2.75, 3.05) is 5.32 Å². The van der Waals surface area contributed by atoms with Crippen LogP contribution in [0.4, 0.5) is 5.69 Å². The molecular formula is C24H33N3O2S2. The molecule has 0 aliphatic heterocycles. The second kappa shape index (κ2) is 11.2. The summed E-state index contributed by atoms with van der Waals surface area (Å²) in [6, 6.07) is 11.2. The van der Waals surface area contributed by atoms with Crippen molar-refractivity contribution in [3.8, 4) is 0 Å². The Morgan fingerprint density at radius 3 is 2.42 bits per heavy atom. The lowest BCUT2D eigenvalue weighted by atomic mass is 9.88. The number of benzene rings is 1. The number of hydrogen-bond donors (Lipinski definition) is 3. The predicted molar refractivity (Wildman–Crippen MR) is 130 cm³/mol. The molecule has 0 bridgehead atoms. The largest absolute Gasteiger partial charge is 0.344 e. The van der Waals surface area contributed by atoms with Crippen LogP contribution >= 0.6 is 23.3 Å². The summed E-state index contributed by atoms with van der Waals surface area (Å²) in [5, 5.41) is 8.01. The molecule has 2 amide bonds. The van der Waals surface area contributed by atoms with E-state index in [1.165, 1.54) is 6.42 Å². The van der Waals surface area contributed by atoms with Gasteiger partial charge in [-0.25, -0.2) is 0 Å². The molecule has 0 radical (unpaired) electrons. The molecule has 1 aromatic carbocycles. The number of hydrogen-bond acceptors (Lipinski definition) is 5. The molecule has 1 saturated carbocycles. The zero-order valence-corrected chi connectivity index (χ0v) is 20.2. The van der Waals surface area contributed by atoms with Crippen LogP contribution in [0.2, 0.25) is 0 Å². The van der Waals surface area contributed by atoms with Crippen LogP contribution in [-0.2, 0) is 16.0 Å². The normalized spacial score (nSPS) is 16.0. The van der Waals surface area contributed by atoms with Crippen molar-refractivity contribution in [3.63, 3.8) is 0 Å². The van der Waals surface area contributed by atoms with Gasteiger partial charge in [-0.15, -0.1) is 11.3 Å². The lowest BCUT2D eigenvalue weighted by molar-refractivity contribution is -0.130. The molecular weight excluding hydrogens is 426 g/mol. The number of amides is 2. The fourth-order valence-electron chi connectivity index (χ4n) is 3.54. The number of nitrogens with one attached hydrogen (secondary N) is 3. The highest BCUT2D eigenvalue weighted by Crippen LogP contribution is 2.24. The van der Waals surface area contributed by atoms with Gasteiger partial charge in [0.2, 0.25) is 11.8 Å². The van der Waals surface area contributed by atoms with Crippen molar-refractivity contribution in [1.29, 1.82) is 0 Å². The van der Waals surface area contributed by atoms with Crippen LogP contribution in [0.15, 0.2) is 46.7 Å². The molecule has 7 heteroatoms. The van der Waals surface area contributed by atoms with E-state index < -0.39 is 6.04 Å². The van der Waals surface area contributed by atoms with E-state index in [1.54, 1.807) is 23.3 Å². The molecule has 5 nitrogen and oxygen atoms in total. The molecule has 1 aliphatic carbocycles. The third-order valence-corrected chi connectivity index (χ3v) is 7.31. The minimum atomic E-state index is -0.579. The number of anilines is 1. The molecule has 2 aromatic rings. The first-order chi connectivity index (χ1) is 14.8. The Morgan fingerprint density at radius 1 is 1.10 bits per heavy atom. The van der Waals surface area contributed by atoms with Gasteiger partial charge >= 0.3 is 0 Å². The van der Waals surface area contributed by atoms with Gasteiger partial charge in [0.05, 0.1) is 0 Å². The SMILES string of the molecule is CC(C)(C)NSc1ccc(NC(=O)[C@H](Cc2cccs2)NC(=O)C2CCCCC2)cc1. The number of carbonyl (C=O) groups is 2. The van der Waals surface area contributed by atoms with E-state index in [2.05, 4.69) is 36.1 Å². The van der Waals surface area contributed by atoms with Crippen LogP contribution in [0.5, 0.6) is 0 Å². The Morgan fingerprint density at radius 2 is 1.81 bits per heavy atom. The van der Waals surface area contributed by atoms with E-state index in [0.29, 0.717) is 6.42 Å². The minimum absolute atomic E-state index is 0.0106. The lowest BCUT2D eigenvalue weighted by Gasteiger charge is -2.24. The Hall–Kier alpha value is -1.83. The summed E-state index contributed by atoms with van der Waals surface area (Å²) >= 11 is 3.18. The molecule has 168 valence electrons. The maximum absolute atomic E-state index is 13.1. The molecule has 1 aromatic heterocycles. The average molecular weight is 460 g/mol. The predicted octanol–water partition coefficient (Wildman–Crippen LogP) is 5.39. The van der Waals surface area contributed by atoms with E-state index in [0.717, 1.165) is 41.1 Å². The minimum Gasteiger partial charge on any atom is -0.344 e. The molecule has 0 saturated heterocycles. The molecule has 1 aliphatic rings. The molecule has 3 rings (SSSR count). The number of carbonyl (C=O) groups excluding carboxylic acids is 2. The van der Waals surface area contributed by atoms with Gasteiger partial charge in [0, 0.05) is 33.3 Å². The quantitative estimate of drug-likeness (QED) is 0.463. The fraction of sp³-hybridized carbons (Fsp3) is 0.500. The Labute approximate surface area is 193 Å². The highest BCUT2D eigenvalue weighted by atomic mass is 32.2. The van der Waals surface area contributed by atoms with Gasteiger partial charge in [0.25, 0.3) is 0 Å². The standard InChI is InChI=1S/C24H33N3O2S2/c1-24(2,3)27-31-19-13-11-18(12-14-19)25-23(29)21(16-20-10-7-15-30-20)26-22(28)17-8-5-4-6-9-17/h7,10-15,17,21,27H,4-6,8-9,16H2,1-3H3,(H,25,29)(H,26,28)/t21-/m0/s1. The van der Waals surface area contributed by atoms with E-state index >= 15 is 0 Å². The van der Waals surface area contributed by atoms with Gasteiger partial charge in [-0.1, -0.05) is 25.3 Å². The van der Waals surface area contributed by atoms with Gasteiger partial charge in [0.1, 0.15) is 6.04 Å². The van der Waals surface area contributed by atoms with Crippen LogP contribution in [0.25, 0.3) is 0 Å². The molecule has 3 N–H and O–H groups in total. The van der Waals surface area contributed by atoms with Crippen molar-refractivity contribution in [1.82, 2.24) is 10.0 Å². The Bertz CT molecular complexity index is 839. The Balaban J connectivity index is 1.62. The Kier molecular flexibility index (Phi) is 8.58. The van der Waals surface area contributed by atoms with Crippen LogP contribution in [-0.4, -0.2) is 23.4 Å². The van der Waals surface area contributed by atoms with Crippen molar-refractivity contribution in [3.05, 3.63) is 46.7 Å². The zero-order chi connectivity index (χ0) is 22.3. The highest BCUT2D eigenvalue weighted by Gasteiger charge is 2.27. The zero-order valence-electron chi connectivity index (χ0n) is 18.6. The van der Waals surface area contributed by atoms with Gasteiger partial charge in [-0.2, -0.15) is 0 Å². The van der Waals surface area contributed by atoms with Crippen molar-refractivity contribution >= 4 is 40.8 Å². The summed E-state index contributed by atoms with van der Waals surface area (Å²) in [6.45, 7) is 6.35. The van der Waals surface area contributed by atoms with Crippen LogP contribution in [0.1, 0.15) is 57.8 Å². The second-order valence-electron chi connectivity index (χ2n) is 9.15. The third-order valence-electron chi connectivity index (χ3n) is 5.19. The number of thiophene rings is 1.